The van der Waals surface area contributed by atoms with Crippen molar-refractivity contribution >= 4 is 10.9 Å². The van der Waals surface area contributed by atoms with E-state index in [1.165, 1.54) is 4.57 Å². The Kier molecular flexibility index (Phi) is 3.21. The van der Waals surface area contributed by atoms with E-state index < -0.39 is 11.4 Å². The smallest absolute Gasteiger partial charge is 0.378 e. The fourth-order valence-corrected chi connectivity index (χ4v) is 2.53. The van der Waals surface area contributed by atoms with Crippen molar-refractivity contribution in [1.29, 1.82) is 0 Å². The molecule has 100 valence electrons. The Balaban J connectivity index is 1.97. The number of aryl methyl sites for hydroxylation is 1. The van der Waals surface area contributed by atoms with Crippen LogP contribution in [0.15, 0.2) is 38.3 Å². The summed E-state index contributed by atoms with van der Waals surface area (Å²) in [5, 5.41) is 0.439. The Bertz CT molecular complexity index is 694. The summed E-state index contributed by atoms with van der Waals surface area (Å²) in [7, 11) is 0. The minimum atomic E-state index is -0.596. The summed E-state index contributed by atoms with van der Waals surface area (Å²) in [5.74, 6) is -0.596. The lowest BCUT2D eigenvalue weighted by atomic mass is 10.2. The number of rotatable bonds is 3. The van der Waals surface area contributed by atoms with Crippen molar-refractivity contribution in [1.82, 2.24) is 4.57 Å². The van der Waals surface area contributed by atoms with Crippen LogP contribution >= 0.6 is 0 Å². The van der Waals surface area contributed by atoms with Crippen LogP contribution in [0.3, 0.4) is 0 Å². The van der Waals surface area contributed by atoms with Crippen molar-refractivity contribution in [2.75, 3.05) is 6.61 Å². The molecule has 1 fully saturated rings. The third kappa shape index (κ3) is 2.33. The first-order chi connectivity index (χ1) is 9.25. The molecule has 0 aliphatic carbocycles. The molecule has 0 saturated carbocycles. The number of aromatic nitrogens is 1. The summed E-state index contributed by atoms with van der Waals surface area (Å²) in [5.41, 5.74) is 0.0516. The quantitative estimate of drug-likeness (QED) is 0.840. The zero-order valence-corrected chi connectivity index (χ0v) is 10.5. The summed E-state index contributed by atoms with van der Waals surface area (Å²) in [6.45, 7) is 1.30. The second-order valence-corrected chi connectivity index (χ2v) is 4.75. The van der Waals surface area contributed by atoms with E-state index in [2.05, 4.69) is 0 Å². The van der Waals surface area contributed by atoms with Crippen molar-refractivity contribution in [3.63, 3.8) is 0 Å². The predicted molar refractivity (Wildman–Crippen MR) is 70.3 cm³/mol. The van der Waals surface area contributed by atoms with Gasteiger partial charge in [0.05, 0.1) is 17.0 Å². The third-order valence-corrected chi connectivity index (χ3v) is 3.51. The molecule has 1 aliphatic heterocycles. The van der Waals surface area contributed by atoms with Gasteiger partial charge in [-0.1, -0.05) is 12.1 Å². The zero-order chi connectivity index (χ0) is 13.2. The van der Waals surface area contributed by atoms with Gasteiger partial charge in [-0.25, -0.2) is 9.59 Å². The van der Waals surface area contributed by atoms with Crippen molar-refractivity contribution in [2.24, 2.45) is 0 Å². The monoisotopic (exact) mass is 261 g/mol. The molecule has 5 heteroatoms. The molecule has 3 rings (SSSR count). The maximum atomic E-state index is 11.8. The van der Waals surface area contributed by atoms with E-state index in [4.69, 9.17) is 9.15 Å². The van der Waals surface area contributed by atoms with Gasteiger partial charge in [0.1, 0.15) is 0 Å². The molecular formula is C14H15NO4. The highest BCUT2D eigenvalue weighted by atomic mass is 16.5. The van der Waals surface area contributed by atoms with Gasteiger partial charge in [-0.05, 0) is 31.4 Å². The van der Waals surface area contributed by atoms with Crippen LogP contribution in [0.4, 0.5) is 0 Å². The maximum absolute atomic E-state index is 11.8. The Morgan fingerprint density at radius 3 is 2.89 bits per heavy atom. The van der Waals surface area contributed by atoms with Crippen LogP contribution in [0.25, 0.3) is 10.9 Å². The Morgan fingerprint density at radius 1 is 1.26 bits per heavy atom. The predicted octanol–water partition coefficient (Wildman–Crippen LogP) is 1.52. The topological polar surface area (TPSA) is 61.4 Å². The van der Waals surface area contributed by atoms with Gasteiger partial charge in [-0.3, -0.25) is 4.57 Å². The van der Waals surface area contributed by atoms with E-state index in [0.717, 1.165) is 25.9 Å². The minimum absolute atomic E-state index is 0.206. The first-order valence-corrected chi connectivity index (χ1v) is 6.50. The SMILES string of the molecule is O=c1oc(=O)n(CCC2CCCO2)c2ccccc12. The number of ether oxygens (including phenoxy) is 1. The van der Waals surface area contributed by atoms with Crippen LogP contribution in [0, 0.1) is 0 Å². The molecule has 19 heavy (non-hydrogen) atoms. The van der Waals surface area contributed by atoms with Gasteiger partial charge in [-0.15, -0.1) is 0 Å². The van der Waals surface area contributed by atoms with E-state index in [1.807, 2.05) is 6.07 Å². The van der Waals surface area contributed by atoms with Gasteiger partial charge in [0.2, 0.25) is 0 Å². The minimum Gasteiger partial charge on any atom is -0.378 e. The van der Waals surface area contributed by atoms with E-state index >= 15 is 0 Å². The molecule has 0 bridgehead atoms. The first kappa shape index (κ1) is 12.2. The number of benzene rings is 1. The second kappa shape index (κ2) is 5.01. The lowest BCUT2D eigenvalue weighted by Crippen LogP contribution is -2.26. The van der Waals surface area contributed by atoms with Gasteiger partial charge < -0.3 is 9.15 Å². The standard InChI is InChI=1S/C14H15NO4/c16-13-11-5-1-2-6-12(11)15(14(17)19-13)8-7-10-4-3-9-18-10/h1-2,5-6,10H,3-4,7-9H2. The van der Waals surface area contributed by atoms with Crippen molar-refractivity contribution in [2.45, 2.75) is 31.9 Å². The molecule has 1 aromatic carbocycles. The number of hydrogen-bond donors (Lipinski definition) is 0. The summed E-state index contributed by atoms with van der Waals surface area (Å²) in [6.07, 6.45) is 3.07. The summed E-state index contributed by atoms with van der Waals surface area (Å²) in [4.78, 5) is 23.4. The Hall–Kier alpha value is -1.88. The van der Waals surface area contributed by atoms with E-state index in [1.54, 1.807) is 18.2 Å². The molecule has 1 saturated heterocycles. The highest BCUT2D eigenvalue weighted by Crippen LogP contribution is 2.16. The van der Waals surface area contributed by atoms with Gasteiger partial charge in [0, 0.05) is 13.2 Å². The van der Waals surface area contributed by atoms with Gasteiger partial charge in [0.15, 0.2) is 0 Å². The molecule has 0 spiro atoms. The van der Waals surface area contributed by atoms with Gasteiger partial charge in [-0.2, -0.15) is 0 Å². The average molecular weight is 261 g/mol. The lowest BCUT2D eigenvalue weighted by Gasteiger charge is -2.11. The molecule has 0 radical (unpaired) electrons. The Morgan fingerprint density at radius 2 is 2.11 bits per heavy atom. The molecule has 5 nitrogen and oxygen atoms in total. The number of hydrogen-bond acceptors (Lipinski definition) is 4. The van der Waals surface area contributed by atoms with E-state index in [0.29, 0.717) is 17.4 Å². The number of nitrogens with zero attached hydrogens (tertiary/aromatic N) is 1. The Labute approximate surface area is 109 Å². The van der Waals surface area contributed by atoms with Crippen molar-refractivity contribution in [3.8, 4) is 0 Å². The summed E-state index contributed by atoms with van der Waals surface area (Å²) in [6, 6.07) is 7.00. The normalized spacial score (nSPS) is 19.1. The highest BCUT2D eigenvalue weighted by Gasteiger charge is 2.16. The molecule has 0 amide bonds. The average Bonchev–Trinajstić information content (AvgIpc) is 2.92. The molecule has 1 unspecified atom stereocenters. The molecule has 2 aromatic rings. The highest BCUT2D eigenvalue weighted by molar-refractivity contribution is 5.77. The molecule has 1 atom stereocenters. The number of para-hydroxylation sites is 1. The summed E-state index contributed by atoms with van der Waals surface area (Å²) >= 11 is 0. The van der Waals surface area contributed by atoms with Crippen LogP contribution in [-0.4, -0.2) is 17.3 Å². The molecular weight excluding hydrogens is 246 g/mol. The molecule has 0 N–H and O–H groups in total. The molecule has 1 aliphatic rings. The molecule has 2 heterocycles. The van der Waals surface area contributed by atoms with Crippen LogP contribution in [0.1, 0.15) is 19.3 Å². The van der Waals surface area contributed by atoms with Crippen LogP contribution in [0.5, 0.6) is 0 Å². The summed E-state index contributed by atoms with van der Waals surface area (Å²) < 4.78 is 11.8. The number of fused-ring (bicyclic) bond motifs is 1. The zero-order valence-electron chi connectivity index (χ0n) is 10.5. The fraction of sp³-hybridized carbons (Fsp3) is 0.429. The lowest BCUT2D eigenvalue weighted by molar-refractivity contribution is 0.0998. The fourth-order valence-electron chi connectivity index (χ4n) is 2.53. The van der Waals surface area contributed by atoms with Gasteiger partial charge in [0.25, 0.3) is 0 Å². The maximum Gasteiger partial charge on any atom is 0.422 e. The first-order valence-electron chi connectivity index (χ1n) is 6.50. The van der Waals surface area contributed by atoms with Crippen LogP contribution in [-0.2, 0) is 11.3 Å². The third-order valence-electron chi connectivity index (χ3n) is 3.51. The molecule has 1 aromatic heterocycles. The largest absolute Gasteiger partial charge is 0.422 e. The van der Waals surface area contributed by atoms with Crippen molar-refractivity contribution < 1.29 is 9.15 Å². The van der Waals surface area contributed by atoms with Crippen LogP contribution in [0.2, 0.25) is 0 Å². The van der Waals surface area contributed by atoms with Crippen molar-refractivity contribution in [3.05, 3.63) is 45.2 Å². The van der Waals surface area contributed by atoms with Crippen LogP contribution < -0.4 is 11.4 Å². The van der Waals surface area contributed by atoms with E-state index in [9.17, 15) is 9.59 Å². The van der Waals surface area contributed by atoms with E-state index in [-0.39, 0.29) is 6.10 Å². The second-order valence-electron chi connectivity index (χ2n) is 4.75. The van der Waals surface area contributed by atoms with Gasteiger partial charge >= 0.3 is 11.4 Å².